The third-order valence-electron chi connectivity index (χ3n) is 1.84. The number of aryl methyl sites for hydroxylation is 1. The van der Waals surface area contributed by atoms with Crippen LogP contribution in [0.5, 0.6) is 5.75 Å². The average Bonchev–Trinajstić information content (AvgIpc) is 2.08. The summed E-state index contributed by atoms with van der Waals surface area (Å²) in [5, 5.41) is 9.55. The van der Waals surface area contributed by atoms with E-state index in [2.05, 4.69) is 11.6 Å². The molecule has 1 rings (SSSR count). The van der Waals surface area contributed by atoms with Crippen molar-refractivity contribution in [1.82, 2.24) is 4.98 Å². The molecule has 0 aliphatic rings. The molecular formula is C10H11NO2. The predicted molar refractivity (Wildman–Crippen MR) is 50.7 cm³/mol. The highest BCUT2D eigenvalue weighted by molar-refractivity contribution is 6.00. The van der Waals surface area contributed by atoms with Crippen LogP contribution in [0.3, 0.4) is 0 Å². The summed E-state index contributed by atoms with van der Waals surface area (Å²) in [6.07, 6.45) is 3.03. The lowest BCUT2D eigenvalue weighted by molar-refractivity contribution is 0.101. The Hall–Kier alpha value is -1.64. The normalized spacial score (nSPS) is 9.69. The van der Waals surface area contributed by atoms with Crippen LogP contribution in [0.2, 0.25) is 0 Å². The van der Waals surface area contributed by atoms with Crippen molar-refractivity contribution in [2.45, 2.75) is 13.8 Å². The van der Waals surface area contributed by atoms with Gasteiger partial charge >= 0.3 is 0 Å². The van der Waals surface area contributed by atoms with Gasteiger partial charge < -0.3 is 5.11 Å². The van der Waals surface area contributed by atoms with Gasteiger partial charge in [-0.2, -0.15) is 0 Å². The van der Waals surface area contributed by atoms with Crippen LogP contribution in [0.25, 0.3) is 6.08 Å². The van der Waals surface area contributed by atoms with Crippen molar-refractivity contribution in [2.75, 3.05) is 0 Å². The van der Waals surface area contributed by atoms with Crippen molar-refractivity contribution in [1.29, 1.82) is 0 Å². The molecule has 0 amide bonds. The van der Waals surface area contributed by atoms with Gasteiger partial charge in [-0.05, 0) is 13.8 Å². The Morgan fingerprint density at radius 1 is 1.69 bits per heavy atom. The van der Waals surface area contributed by atoms with Crippen LogP contribution in [0.1, 0.15) is 28.5 Å². The number of hydrogen-bond acceptors (Lipinski definition) is 3. The van der Waals surface area contributed by atoms with Gasteiger partial charge in [0, 0.05) is 11.8 Å². The Morgan fingerprint density at radius 2 is 2.31 bits per heavy atom. The number of ketones is 1. The van der Waals surface area contributed by atoms with Gasteiger partial charge in [-0.3, -0.25) is 9.78 Å². The Bertz CT molecular complexity index is 369. The molecule has 0 saturated heterocycles. The van der Waals surface area contributed by atoms with E-state index in [9.17, 15) is 9.90 Å². The van der Waals surface area contributed by atoms with Gasteiger partial charge in [-0.1, -0.05) is 12.7 Å². The summed E-state index contributed by atoms with van der Waals surface area (Å²) < 4.78 is 0. The number of Topliss-reactive ketones (excluding diaryl/α,β-unsaturated/α-hetero) is 1. The number of nitrogens with zero attached hydrogens (tertiary/aromatic N) is 1. The van der Waals surface area contributed by atoms with Crippen LogP contribution in [0.15, 0.2) is 12.8 Å². The summed E-state index contributed by atoms with van der Waals surface area (Å²) in [4.78, 5) is 15.1. The third kappa shape index (κ3) is 1.59. The Kier molecular flexibility index (Phi) is 2.46. The summed E-state index contributed by atoms with van der Waals surface area (Å²) in [6, 6.07) is 0. The highest BCUT2D eigenvalue weighted by atomic mass is 16.3. The highest BCUT2D eigenvalue weighted by Gasteiger charge is 2.13. The van der Waals surface area contributed by atoms with E-state index in [1.165, 1.54) is 19.2 Å². The number of aromatic nitrogens is 1. The number of pyridine rings is 1. The average molecular weight is 177 g/mol. The molecule has 0 aliphatic carbocycles. The minimum absolute atomic E-state index is 0.0510. The number of carbonyl (C=O) groups excluding carboxylic acids is 1. The van der Waals surface area contributed by atoms with E-state index in [1.54, 1.807) is 6.92 Å². The molecule has 0 fully saturated rings. The topological polar surface area (TPSA) is 50.2 Å². The maximum Gasteiger partial charge on any atom is 0.164 e. The highest BCUT2D eigenvalue weighted by Crippen LogP contribution is 2.24. The van der Waals surface area contributed by atoms with Crippen LogP contribution in [-0.2, 0) is 0 Å². The standard InChI is InChI=1S/C10H11NO2/c1-4-8-5-11-6(2)10(13)9(8)7(3)12/h4-5,13H,1H2,2-3H3. The Balaban J connectivity index is 3.50. The fraction of sp³-hybridized carbons (Fsp3) is 0.200. The lowest BCUT2D eigenvalue weighted by atomic mass is 10.0. The van der Waals surface area contributed by atoms with E-state index in [4.69, 9.17) is 0 Å². The zero-order valence-electron chi connectivity index (χ0n) is 7.66. The molecule has 1 heterocycles. The summed E-state index contributed by atoms with van der Waals surface area (Å²) >= 11 is 0. The number of aromatic hydroxyl groups is 1. The molecular weight excluding hydrogens is 166 g/mol. The molecule has 0 saturated carbocycles. The van der Waals surface area contributed by atoms with E-state index in [1.807, 2.05) is 0 Å². The summed E-state index contributed by atoms with van der Waals surface area (Å²) in [7, 11) is 0. The Morgan fingerprint density at radius 3 is 2.77 bits per heavy atom. The number of rotatable bonds is 2. The molecule has 0 aliphatic heterocycles. The lowest BCUT2D eigenvalue weighted by Crippen LogP contribution is -1.99. The van der Waals surface area contributed by atoms with Gasteiger partial charge in [-0.15, -0.1) is 0 Å². The van der Waals surface area contributed by atoms with Crippen LogP contribution < -0.4 is 0 Å². The minimum Gasteiger partial charge on any atom is -0.505 e. The van der Waals surface area contributed by atoms with Crippen molar-refractivity contribution in [3.63, 3.8) is 0 Å². The fourth-order valence-electron chi connectivity index (χ4n) is 1.13. The first kappa shape index (κ1) is 9.45. The molecule has 1 N–H and O–H groups in total. The first-order valence-corrected chi connectivity index (χ1v) is 3.90. The largest absolute Gasteiger partial charge is 0.505 e. The van der Waals surface area contributed by atoms with E-state index >= 15 is 0 Å². The molecule has 0 radical (unpaired) electrons. The first-order chi connectivity index (χ1) is 6.07. The van der Waals surface area contributed by atoms with E-state index in [-0.39, 0.29) is 11.5 Å². The smallest absolute Gasteiger partial charge is 0.164 e. The molecule has 0 unspecified atom stereocenters. The van der Waals surface area contributed by atoms with Crippen LogP contribution in [0, 0.1) is 6.92 Å². The molecule has 1 aromatic heterocycles. The van der Waals surface area contributed by atoms with E-state index in [0.29, 0.717) is 16.8 Å². The zero-order valence-corrected chi connectivity index (χ0v) is 7.66. The monoisotopic (exact) mass is 177 g/mol. The first-order valence-electron chi connectivity index (χ1n) is 3.90. The third-order valence-corrected chi connectivity index (χ3v) is 1.84. The summed E-state index contributed by atoms with van der Waals surface area (Å²) in [5.41, 5.74) is 1.31. The second kappa shape index (κ2) is 3.39. The molecule has 3 heteroatoms. The second-order valence-corrected chi connectivity index (χ2v) is 2.78. The van der Waals surface area contributed by atoms with E-state index < -0.39 is 0 Å². The van der Waals surface area contributed by atoms with Crippen molar-refractivity contribution < 1.29 is 9.90 Å². The summed E-state index contributed by atoms with van der Waals surface area (Å²) in [5.74, 6) is -0.234. The van der Waals surface area contributed by atoms with E-state index in [0.717, 1.165) is 0 Å². The van der Waals surface area contributed by atoms with Crippen LogP contribution in [0.4, 0.5) is 0 Å². The number of carbonyl (C=O) groups is 1. The van der Waals surface area contributed by atoms with Gasteiger partial charge in [0.15, 0.2) is 5.78 Å². The van der Waals surface area contributed by atoms with Gasteiger partial charge in [0.25, 0.3) is 0 Å². The Labute approximate surface area is 76.7 Å². The molecule has 68 valence electrons. The van der Waals surface area contributed by atoms with Crippen LogP contribution >= 0.6 is 0 Å². The molecule has 0 atom stereocenters. The maximum atomic E-state index is 11.2. The molecule has 13 heavy (non-hydrogen) atoms. The van der Waals surface area contributed by atoms with Gasteiger partial charge in [-0.25, -0.2) is 0 Å². The molecule has 3 nitrogen and oxygen atoms in total. The van der Waals surface area contributed by atoms with Gasteiger partial charge in [0.1, 0.15) is 5.75 Å². The SMILES string of the molecule is C=Cc1cnc(C)c(O)c1C(C)=O. The van der Waals surface area contributed by atoms with Gasteiger partial charge in [0.2, 0.25) is 0 Å². The van der Waals surface area contributed by atoms with Crippen molar-refractivity contribution in [2.24, 2.45) is 0 Å². The fourth-order valence-corrected chi connectivity index (χ4v) is 1.13. The quantitative estimate of drug-likeness (QED) is 0.702. The number of hydrogen-bond donors (Lipinski definition) is 1. The maximum absolute atomic E-state index is 11.2. The molecule has 0 bridgehead atoms. The lowest BCUT2D eigenvalue weighted by Gasteiger charge is -2.06. The summed E-state index contributed by atoms with van der Waals surface area (Å²) in [6.45, 7) is 6.59. The molecule has 0 aromatic carbocycles. The predicted octanol–water partition coefficient (Wildman–Crippen LogP) is 1.94. The van der Waals surface area contributed by atoms with Crippen molar-refractivity contribution in [3.8, 4) is 5.75 Å². The second-order valence-electron chi connectivity index (χ2n) is 2.78. The molecule has 0 spiro atoms. The zero-order chi connectivity index (χ0) is 10.0. The van der Waals surface area contributed by atoms with Crippen LogP contribution in [-0.4, -0.2) is 15.9 Å². The van der Waals surface area contributed by atoms with Crippen molar-refractivity contribution >= 4 is 11.9 Å². The minimum atomic E-state index is -0.182. The van der Waals surface area contributed by atoms with Gasteiger partial charge in [0.05, 0.1) is 11.3 Å². The molecule has 1 aromatic rings. The van der Waals surface area contributed by atoms with Crippen molar-refractivity contribution in [3.05, 3.63) is 29.6 Å².